The molecule has 0 saturated carbocycles. The van der Waals surface area contributed by atoms with Crippen LogP contribution in [-0.2, 0) is 32.5 Å². The summed E-state index contributed by atoms with van der Waals surface area (Å²) in [6.07, 6.45) is 12.8. The smallest absolute Gasteiger partial charge is 0.245 e. The second-order valence-electron chi connectivity index (χ2n) is 11.5. The minimum Gasteiger partial charge on any atom is -0.348 e. The fourth-order valence-corrected chi connectivity index (χ4v) is 7.63. The summed E-state index contributed by atoms with van der Waals surface area (Å²) in [5.41, 5.74) is 2.24. The number of hydrogen-bond donors (Lipinski definition) is 2. The number of aryl methyl sites for hydroxylation is 1. The van der Waals surface area contributed by atoms with Crippen molar-refractivity contribution in [2.75, 3.05) is 52.4 Å². The maximum absolute atomic E-state index is 13.8. The molecule has 1 aliphatic rings. The zero-order valence-electron chi connectivity index (χ0n) is 26.3. The average Bonchev–Trinajstić information content (AvgIpc) is 3.77. The standard InChI is InChI=1S/C32H43Cl2N7O4S/c1-25-28(33)10-11-29(32(25)34)46(44,45)41(19-12-26-8-6-13-35-20-26)23-30(42)37-22-31(43)40(18-7-9-27-21-36-24-38-27)17-5-4-16-39-14-2-3-15-39/h6,8,10-11,13,20-21,24H,2-5,7,9,12,14-19,22-23H2,1H3,(H,36,38)(H,37,42). The minimum absolute atomic E-state index is 0.00411. The number of imidazole rings is 1. The number of aromatic amines is 1. The van der Waals surface area contributed by atoms with E-state index in [9.17, 15) is 18.0 Å². The topological polar surface area (TPSA) is 132 Å². The summed E-state index contributed by atoms with van der Waals surface area (Å²) in [5.74, 6) is -0.795. The molecule has 0 radical (unpaired) electrons. The third-order valence-electron chi connectivity index (χ3n) is 8.16. The third kappa shape index (κ3) is 10.5. The van der Waals surface area contributed by atoms with Gasteiger partial charge in [0.2, 0.25) is 21.8 Å². The third-order valence-corrected chi connectivity index (χ3v) is 11.1. The Morgan fingerprint density at radius 2 is 1.78 bits per heavy atom. The summed E-state index contributed by atoms with van der Waals surface area (Å²) >= 11 is 12.6. The molecular formula is C32H43Cl2N7O4S. The molecule has 3 heterocycles. The van der Waals surface area contributed by atoms with Crippen molar-refractivity contribution in [2.45, 2.75) is 56.8 Å². The number of carbonyl (C=O) groups excluding carboxylic acids is 2. The molecule has 1 aliphatic heterocycles. The number of halogens is 2. The van der Waals surface area contributed by atoms with Crippen molar-refractivity contribution in [3.05, 3.63) is 76.0 Å². The monoisotopic (exact) mass is 691 g/mol. The van der Waals surface area contributed by atoms with E-state index >= 15 is 0 Å². The zero-order chi connectivity index (χ0) is 32.9. The van der Waals surface area contributed by atoms with Gasteiger partial charge in [-0.3, -0.25) is 14.6 Å². The number of unbranched alkanes of at least 4 members (excludes halogenated alkanes) is 1. The van der Waals surface area contributed by atoms with Crippen molar-refractivity contribution < 1.29 is 18.0 Å². The Hall–Kier alpha value is -3.03. The second-order valence-corrected chi connectivity index (χ2v) is 14.2. The predicted octanol–water partition coefficient (Wildman–Crippen LogP) is 4.11. The molecule has 2 aromatic heterocycles. The number of pyridine rings is 1. The number of nitrogens with zero attached hydrogens (tertiary/aromatic N) is 5. The van der Waals surface area contributed by atoms with Gasteiger partial charge in [0.05, 0.1) is 24.4 Å². The van der Waals surface area contributed by atoms with Gasteiger partial charge in [0, 0.05) is 48.9 Å². The fourth-order valence-electron chi connectivity index (χ4n) is 5.45. The van der Waals surface area contributed by atoms with Crippen LogP contribution < -0.4 is 5.32 Å². The fraction of sp³-hybridized carbons (Fsp3) is 0.500. The van der Waals surface area contributed by atoms with E-state index in [2.05, 4.69) is 25.2 Å². The van der Waals surface area contributed by atoms with Crippen LogP contribution in [0.15, 0.2) is 54.1 Å². The molecule has 2 amide bonds. The molecule has 1 fully saturated rings. The van der Waals surface area contributed by atoms with Crippen LogP contribution in [0, 0.1) is 6.92 Å². The van der Waals surface area contributed by atoms with Gasteiger partial charge in [0.1, 0.15) is 4.90 Å². The van der Waals surface area contributed by atoms with Gasteiger partial charge in [0.15, 0.2) is 0 Å². The number of H-pyrrole nitrogens is 1. The molecule has 0 bridgehead atoms. The number of likely N-dealkylation sites (tertiary alicyclic amines) is 1. The summed E-state index contributed by atoms with van der Waals surface area (Å²) in [6, 6.07) is 6.41. The molecule has 1 saturated heterocycles. The number of rotatable bonds is 18. The molecule has 0 unspecified atom stereocenters. The Balaban J connectivity index is 1.38. The highest BCUT2D eigenvalue weighted by Gasteiger charge is 2.30. The number of benzene rings is 1. The number of carbonyl (C=O) groups is 2. The van der Waals surface area contributed by atoms with E-state index in [0.717, 1.165) is 60.9 Å². The van der Waals surface area contributed by atoms with Crippen LogP contribution in [0.3, 0.4) is 0 Å². The van der Waals surface area contributed by atoms with Crippen molar-refractivity contribution in [2.24, 2.45) is 0 Å². The molecule has 0 aliphatic carbocycles. The molecule has 46 heavy (non-hydrogen) atoms. The quantitative estimate of drug-likeness (QED) is 0.192. The Morgan fingerprint density at radius 1 is 1.00 bits per heavy atom. The van der Waals surface area contributed by atoms with E-state index in [0.29, 0.717) is 30.1 Å². The highest BCUT2D eigenvalue weighted by atomic mass is 35.5. The van der Waals surface area contributed by atoms with Gasteiger partial charge < -0.3 is 20.1 Å². The maximum Gasteiger partial charge on any atom is 0.245 e. The summed E-state index contributed by atoms with van der Waals surface area (Å²) in [5, 5.41) is 3.01. The second kappa shape index (κ2) is 17.8. The summed E-state index contributed by atoms with van der Waals surface area (Å²) in [6.45, 7) is 5.35. The van der Waals surface area contributed by atoms with E-state index < -0.39 is 22.5 Å². The first-order chi connectivity index (χ1) is 22.1. The summed E-state index contributed by atoms with van der Waals surface area (Å²) < 4.78 is 28.7. The Morgan fingerprint density at radius 3 is 2.50 bits per heavy atom. The molecule has 0 spiro atoms. The van der Waals surface area contributed by atoms with Crippen LogP contribution >= 0.6 is 23.2 Å². The number of amides is 2. The summed E-state index contributed by atoms with van der Waals surface area (Å²) in [4.78, 5) is 41.9. The lowest BCUT2D eigenvalue weighted by atomic mass is 10.2. The summed E-state index contributed by atoms with van der Waals surface area (Å²) in [7, 11) is -4.19. The maximum atomic E-state index is 13.8. The first-order valence-corrected chi connectivity index (χ1v) is 17.9. The lowest BCUT2D eigenvalue weighted by molar-refractivity contribution is -0.133. The van der Waals surface area contributed by atoms with E-state index in [-0.39, 0.29) is 28.9 Å². The number of nitrogens with one attached hydrogen (secondary N) is 2. The average molecular weight is 693 g/mol. The molecule has 11 nitrogen and oxygen atoms in total. The Labute approximate surface area is 281 Å². The van der Waals surface area contributed by atoms with Crippen molar-refractivity contribution in [3.8, 4) is 0 Å². The first-order valence-electron chi connectivity index (χ1n) is 15.7. The van der Waals surface area contributed by atoms with Crippen LogP contribution in [0.5, 0.6) is 0 Å². The highest BCUT2D eigenvalue weighted by Crippen LogP contribution is 2.32. The van der Waals surface area contributed by atoms with Gasteiger partial charge in [-0.1, -0.05) is 29.3 Å². The van der Waals surface area contributed by atoms with E-state index in [4.69, 9.17) is 23.2 Å². The zero-order valence-corrected chi connectivity index (χ0v) is 28.6. The molecule has 1 aromatic carbocycles. The number of aromatic nitrogens is 3. The Bertz CT molecular complexity index is 1520. The van der Waals surface area contributed by atoms with Crippen molar-refractivity contribution in [1.29, 1.82) is 0 Å². The molecule has 3 aromatic rings. The van der Waals surface area contributed by atoms with Crippen LogP contribution in [0.25, 0.3) is 0 Å². The van der Waals surface area contributed by atoms with E-state index in [1.165, 1.54) is 25.0 Å². The molecule has 14 heteroatoms. The van der Waals surface area contributed by atoms with Crippen molar-refractivity contribution >= 4 is 45.0 Å². The molecular weight excluding hydrogens is 649 g/mol. The number of sulfonamides is 1. The van der Waals surface area contributed by atoms with Gasteiger partial charge in [-0.15, -0.1) is 0 Å². The Kier molecular flexibility index (Phi) is 13.8. The van der Waals surface area contributed by atoms with Gasteiger partial charge in [-0.25, -0.2) is 13.4 Å². The van der Waals surface area contributed by atoms with Crippen molar-refractivity contribution in [3.63, 3.8) is 0 Å². The number of hydrogen-bond acceptors (Lipinski definition) is 7. The lowest BCUT2D eigenvalue weighted by Gasteiger charge is -2.25. The highest BCUT2D eigenvalue weighted by molar-refractivity contribution is 7.89. The lowest BCUT2D eigenvalue weighted by Crippen LogP contribution is -2.46. The predicted molar refractivity (Wildman–Crippen MR) is 179 cm³/mol. The first kappa shape index (κ1) is 35.8. The van der Waals surface area contributed by atoms with Crippen LogP contribution in [0.2, 0.25) is 10.0 Å². The molecule has 0 atom stereocenters. The largest absolute Gasteiger partial charge is 0.348 e. The van der Waals surface area contributed by atoms with Gasteiger partial charge in [-0.05, 0) is 101 Å². The van der Waals surface area contributed by atoms with Gasteiger partial charge in [-0.2, -0.15) is 4.31 Å². The molecule has 2 N–H and O–H groups in total. The minimum atomic E-state index is -4.19. The van der Waals surface area contributed by atoms with Gasteiger partial charge in [0.25, 0.3) is 0 Å². The van der Waals surface area contributed by atoms with Crippen molar-refractivity contribution in [1.82, 2.24) is 34.4 Å². The van der Waals surface area contributed by atoms with Crippen LogP contribution in [0.4, 0.5) is 0 Å². The normalized spacial score (nSPS) is 13.7. The molecule has 4 rings (SSSR count). The van der Waals surface area contributed by atoms with Crippen LogP contribution in [-0.4, -0.2) is 102 Å². The van der Waals surface area contributed by atoms with E-state index in [1.54, 1.807) is 42.8 Å². The van der Waals surface area contributed by atoms with Gasteiger partial charge >= 0.3 is 0 Å². The SMILES string of the molecule is Cc1c(Cl)ccc(S(=O)(=O)N(CCc2cccnc2)CC(=O)NCC(=O)N(CCCCN2CCCC2)CCCc2cnc[nH]2)c1Cl. The molecule has 250 valence electrons. The van der Waals surface area contributed by atoms with Crippen LogP contribution in [0.1, 0.15) is 48.9 Å². The van der Waals surface area contributed by atoms with E-state index in [1.807, 2.05) is 6.07 Å².